The Morgan fingerprint density at radius 1 is 1.48 bits per heavy atom. The third-order valence-electron chi connectivity index (χ3n) is 4.45. The third-order valence-corrected chi connectivity index (χ3v) is 4.45. The van der Waals surface area contributed by atoms with Crippen LogP contribution in [-0.4, -0.2) is 59.3 Å². The Bertz CT molecular complexity index is 525. The van der Waals surface area contributed by atoms with Gasteiger partial charge in [-0.05, 0) is 25.7 Å². The molecule has 2 saturated heterocycles. The van der Waals surface area contributed by atoms with Crippen LogP contribution in [0.4, 0.5) is 0 Å². The van der Waals surface area contributed by atoms with Gasteiger partial charge in [-0.15, -0.1) is 12.4 Å². The number of aryl methyl sites for hydroxylation is 1. The summed E-state index contributed by atoms with van der Waals surface area (Å²) in [6, 6.07) is -0.222. The molecule has 23 heavy (non-hydrogen) atoms. The number of rotatable bonds is 3. The van der Waals surface area contributed by atoms with Crippen molar-refractivity contribution in [2.75, 3.05) is 26.2 Å². The number of morpholine rings is 1. The van der Waals surface area contributed by atoms with Crippen molar-refractivity contribution in [2.24, 2.45) is 5.92 Å². The molecule has 0 aromatic carbocycles. The van der Waals surface area contributed by atoms with E-state index < -0.39 is 0 Å². The zero-order valence-electron chi connectivity index (χ0n) is 13.7. The number of likely N-dealkylation sites (tertiary alicyclic amines) is 1. The van der Waals surface area contributed by atoms with Gasteiger partial charge in [0.15, 0.2) is 5.82 Å². The molecule has 1 N–H and O–H groups in total. The molecule has 3 atom stereocenters. The van der Waals surface area contributed by atoms with Gasteiger partial charge in [0.05, 0.1) is 12.7 Å². The Morgan fingerprint density at radius 2 is 2.30 bits per heavy atom. The van der Waals surface area contributed by atoms with Crippen LogP contribution in [0.3, 0.4) is 0 Å². The lowest BCUT2D eigenvalue weighted by molar-refractivity contribution is -0.141. The second kappa shape index (κ2) is 8.08. The van der Waals surface area contributed by atoms with Gasteiger partial charge in [0, 0.05) is 33.0 Å². The van der Waals surface area contributed by atoms with Crippen LogP contribution in [0.25, 0.3) is 0 Å². The highest BCUT2D eigenvalue weighted by molar-refractivity contribution is 5.85. The molecule has 1 unspecified atom stereocenters. The Morgan fingerprint density at radius 3 is 3.00 bits per heavy atom. The highest BCUT2D eigenvalue weighted by Crippen LogP contribution is 2.21. The first-order chi connectivity index (χ1) is 10.6. The summed E-state index contributed by atoms with van der Waals surface area (Å²) in [6.07, 6.45) is 2.82. The van der Waals surface area contributed by atoms with Crippen LogP contribution in [0.2, 0.25) is 0 Å². The number of piperidine rings is 1. The van der Waals surface area contributed by atoms with E-state index in [4.69, 9.17) is 9.26 Å². The van der Waals surface area contributed by atoms with Crippen molar-refractivity contribution in [3.8, 4) is 0 Å². The van der Waals surface area contributed by atoms with Gasteiger partial charge in [0.1, 0.15) is 6.04 Å². The SMILES string of the molecule is Cc1nc(CC2CCCN(C(=O)[C@H]3NCCO[C@@H]3C)C2)no1.Cl. The number of nitrogens with one attached hydrogen (secondary N) is 1. The molecule has 130 valence electrons. The van der Waals surface area contributed by atoms with E-state index in [-0.39, 0.29) is 30.5 Å². The Hall–Kier alpha value is -1.18. The van der Waals surface area contributed by atoms with Crippen LogP contribution in [0.1, 0.15) is 31.5 Å². The van der Waals surface area contributed by atoms with Gasteiger partial charge in [-0.3, -0.25) is 4.79 Å². The van der Waals surface area contributed by atoms with E-state index in [1.807, 2.05) is 11.8 Å². The fourth-order valence-corrected chi connectivity index (χ4v) is 3.32. The zero-order chi connectivity index (χ0) is 15.5. The predicted octanol–water partition coefficient (Wildman–Crippen LogP) is 0.958. The number of ether oxygens (including phenoxy) is 1. The van der Waals surface area contributed by atoms with E-state index in [0.29, 0.717) is 18.4 Å². The maximum absolute atomic E-state index is 12.7. The van der Waals surface area contributed by atoms with Crippen LogP contribution in [0.5, 0.6) is 0 Å². The topological polar surface area (TPSA) is 80.5 Å². The Labute approximate surface area is 142 Å². The maximum atomic E-state index is 12.7. The minimum absolute atomic E-state index is 0. The normalized spacial score (nSPS) is 28.3. The minimum atomic E-state index is -0.222. The number of hydrogen-bond donors (Lipinski definition) is 1. The van der Waals surface area contributed by atoms with Crippen LogP contribution in [-0.2, 0) is 16.0 Å². The molecule has 1 aromatic rings. The van der Waals surface area contributed by atoms with Gasteiger partial charge < -0.3 is 19.5 Å². The lowest BCUT2D eigenvalue weighted by Crippen LogP contribution is -2.57. The van der Waals surface area contributed by atoms with Crippen molar-refractivity contribution in [3.05, 3.63) is 11.7 Å². The van der Waals surface area contributed by atoms with Crippen molar-refractivity contribution in [1.29, 1.82) is 0 Å². The van der Waals surface area contributed by atoms with Gasteiger partial charge in [0.2, 0.25) is 11.8 Å². The number of aromatic nitrogens is 2. The van der Waals surface area contributed by atoms with Crippen molar-refractivity contribution < 1.29 is 14.1 Å². The summed E-state index contributed by atoms with van der Waals surface area (Å²) in [5.41, 5.74) is 0. The van der Waals surface area contributed by atoms with Crippen LogP contribution < -0.4 is 5.32 Å². The third kappa shape index (κ3) is 4.43. The zero-order valence-corrected chi connectivity index (χ0v) is 14.5. The first kappa shape index (κ1) is 18.2. The molecule has 2 aliphatic rings. The number of nitrogens with zero attached hydrogens (tertiary/aromatic N) is 3. The monoisotopic (exact) mass is 344 g/mol. The van der Waals surface area contributed by atoms with Crippen molar-refractivity contribution in [1.82, 2.24) is 20.4 Å². The van der Waals surface area contributed by atoms with Gasteiger partial charge >= 0.3 is 0 Å². The standard InChI is InChI=1S/C15H24N4O3.ClH/c1-10-14(16-5-7-21-10)15(20)19-6-3-4-12(9-19)8-13-17-11(2)22-18-13;/h10,12,14,16H,3-9H2,1-2H3;1H/t10-,12?,14+;/m1./s1. The van der Waals surface area contributed by atoms with Crippen LogP contribution in [0.15, 0.2) is 4.52 Å². The molecule has 1 aromatic heterocycles. The van der Waals surface area contributed by atoms with Crippen molar-refractivity contribution in [2.45, 2.75) is 45.3 Å². The molecule has 2 aliphatic heterocycles. The van der Waals surface area contributed by atoms with E-state index in [9.17, 15) is 4.79 Å². The van der Waals surface area contributed by atoms with Gasteiger partial charge in [-0.2, -0.15) is 4.98 Å². The summed E-state index contributed by atoms with van der Waals surface area (Å²) in [5.74, 6) is 1.89. The first-order valence-electron chi connectivity index (χ1n) is 8.06. The number of carbonyl (C=O) groups is 1. The highest BCUT2D eigenvalue weighted by atomic mass is 35.5. The predicted molar refractivity (Wildman–Crippen MR) is 86.5 cm³/mol. The largest absolute Gasteiger partial charge is 0.375 e. The molecule has 0 bridgehead atoms. The van der Waals surface area contributed by atoms with Gasteiger partial charge in [0.25, 0.3) is 0 Å². The Kier molecular flexibility index (Phi) is 6.38. The lowest BCUT2D eigenvalue weighted by atomic mass is 9.93. The fraction of sp³-hybridized carbons (Fsp3) is 0.800. The number of halogens is 1. The van der Waals surface area contributed by atoms with E-state index in [1.54, 1.807) is 6.92 Å². The molecule has 8 heteroatoms. The molecule has 3 rings (SSSR count). The van der Waals surface area contributed by atoms with Crippen LogP contribution in [0, 0.1) is 12.8 Å². The van der Waals surface area contributed by atoms with Gasteiger partial charge in [-0.1, -0.05) is 5.16 Å². The summed E-state index contributed by atoms with van der Waals surface area (Å²) in [6.45, 7) is 6.75. The molecular formula is C15H25ClN4O3. The average Bonchev–Trinajstić information content (AvgIpc) is 2.92. The summed E-state index contributed by atoms with van der Waals surface area (Å²) < 4.78 is 10.6. The van der Waals surface area contributed by atoms with E-state index >= 15 is 0 Å². The molecule has 0 saturated carbocycles. The summed E-state index contributed by atoms with van der Waals surface area (Å²) in [4.78, 5) is 18.9. The van der Waals surface area contributed by atoms with Crippen molar-refractivity contribution in [3.63, 3.8) is 0 Å². The summed E-state index contributed by atoms with van der Waals surface area (Å²) in [5, 5.41) is 7.24. The first-order valence-corrected chi connectivity index (χ1v) is 8.06. The smallest absolute Gasteiger partial charge is 0.242 e. The molecule has 2 fully saturated rings. The molecule has 0 radical (unpaired) electrons. The average molecular weight is 345 g/mol. The molecule has 1 amide bonds. The van der Waals surface area contributed by atoms with Gasteiger partial charge in [-0.25, -0.2) is 0 Å². The van der Waals surface area contributed by atoms with E-state index in [0.717, 1.165) is 44.7 Å². The molecule has 3 heterocycles. The quantitative estimate of drug-likeness (QED) is 0.879. The number of amides is 1. The van der Waals surface area contributed by atoms with E-state index in [2.05, 4.69) is 15.5 Å². The second-order valence-corrected chi connectivity index (χ2v) is 6.23. The number of hydrogen-bond acceptors (Lipinski definition) is 6. The fourth-order valence-electron chi connectivity index (χ4n) is 3.32. The highest BCUT2D eigenvalue weighted by Gasteiger charge is 2.34. The number of carbonyl (C=O) groups excluding carboxylic acids is 1. The Balaban J connectivity index is 0.00000192. The second-order valence-electron chi connectivity index (χ2n) is 6.23. The molecular weight excluding hydrogens is 320 g/mol. The summed E-state index contributed by atoms with van der Waals surface area (Å²) >= 11 is 0. The van der Waals surface area contributed by atoms with Crippen molar-refractivity contribution >= 4 is 18.3 Å². The maximum Gasteiger partial charge on any atom is 0.242 e. The molecule has 0 aliphatic carbocycles. The minimum Gasteiger partial charge on any atom is -0.375 e. The molecule has 0 spiro atoms. The lowest BCUT2D eigenvalue weighted by Gasteiger charge is -2.37. The summed E-state index contributed by atoms with van der Waals surface area (Å²) in [7, 11) is 0. The van der Waals surface area contributed by atoms with E-state index in [1.165, 1.54) is 0 Å². The van der Waals surface area contributed by atoms with Crippen LogP contribution >= 0.6 is 12.4 Å². The molecule has 7 nitrogen and oxygen atoms in total.